The van der Waals surface area contributed by atoms with E-state index in [0.29, 0.717) is 35.4 Å². The number of nitrogens with zero attached hydrogens (tertiary/aromatic N) is 1. The van der Waals surface area contributed by atoms with Crippen LogP contribution in [0.15, 0.2) is 47.4 Å². The quantitative estimate of drug-likeness (QED) is 0.286. The lowest BCUT2D eigenvalue weighted by atomic mass is 9.88. The Bertz CT molecular complexity index is 1140. The fourth-order valence-corrected chi connectivity index (χ4v) is 5.72. The van der Waals surface area contributed by atoms with Gasteiger partial charge in [-0.2, -0.15) is 26.3 Å². The van der Waals surface area contributed by atoms with E-state index in [1.165, 1.54) is 17.0 Å². The van der Waals surface area contributed by atoms with Crippen LogP contribution in [0.5, 0.6) is 0 Å². The van der Waals surface area contributed by atoms with Crippen LogP contribution in [0.3, 0.4) is 0 Å². The fourth-order valence-electron chi connectivity index (χ4n) is 4.64. The molecule has 39 heavy (non-hydrogen) atoms. The zero-order valence-electron chi connectivity index (χ0n) is 21.2. The van der Waals surface area contributed by atoms with Crippen molar-refractivity contribution in [3.05, 3.63) is 65.0 Å². The Hall–Kier alpha value is -2.50. The average molecular weight is 584 g/mol. The number of hydrogen-bond acceptors (Lipinski definition) is 2. The smallest absolute Gasteiger partial charge is 0.338 e. The maximum atomic E-state index is 14.4. The Balaban J connectivity index is 1.76. The molecule has 0 heterocycles. The number of halogens is 8. The number of rotatable bonds is 9. The minimum absolute atomic E-state index is 0.109. The maximum Gasteiger partial charge on any atom is 0.435 e. The van der Waals surface area contributed by atoms with Crippen molar-refractivity contribution in [2.75, 3.05) is 12.3 Å². The molecule has 3 nitrogen and oxygen atoms in total. The van der Waals surface area contributed by atoms with Gasteiger partial charge in [0.1, 0.15) is 5.82 Å². The summed E-state index contributed by atoms with van der Waals surface area (Å²) < 4.78 is 119. The van der Waals surface area contributed by atoms with Gasteiger partial charge in [0.05, 0.1) is 10.8 Å². The molecule has 0 spiro atoms. The van der Waals surface area contributed by atoms with Crippen LogP contribution in [0, 0.1) is 18.7 Å². The van der Waals surface area contributed by atoms with Crippen LogP contribution in [-0.2, 0) is 27.8 Å². The molecule has 1 amide bonds. The van der Waals surface area contributed by atoms with Gasteiger partial charge >= 0.3 is 18.0 Å². The minimum Gasteiger partial charge on any atom is -0.338 e. The maximum absolute atomic E-state index is 14.4. The predicted octanol–water partition coefficient (Wildman–Crippen LogP) is 7.53. The monoisotopic (exact) mass is 583 g/mol. The summed E-state index contributed by atoms with van der Waals surface area (Å²) in [4.78, 5) is 15.0. The molecule has 0 aliphatic heterocycles. The summed E-state index contributed by atoms with van der Waals surface area (Å²) in [7, 11) is -1.55. The van der Waals surface area contributed by atoms with Gasteiger partial charge in [0.2, 0.25) is 5.91 Å². The second-order valence-corrected chi connectivity index (χ2v) is 11.3. The lowest BCUT2D eigenvalue weighted by Gasteiger charge is -2.31. The summed E-state index contributed by atoms with van der Waals surface area (Å²) in [6.45, 7) is 1.57. The van der Waals surface area contributed by atoms with Crippen LogP contribution in [-0.4, -0.2) is 39.7 Å². The van der Waals surface area contributed by atoms with Gasteiger partial charge in [-0.25, -0.2) is 8.78 Å². The van der Waals surface area contributed by atoms with E-state index in [0.717, 1.165) is 31.4 Å². The van der Waals surface area contributed by atoms with Gasteiger partial charge in [-0.3, -0.25) is 9.00 Å². The molecule has 0 N–H and O–H groups in total. The third kappa shape index (κ3) is 7.18. The van der Waals surface area contributed by atoms with E-state index < -0.39 is 40.2 Å². The van der Waals surface area contributed by atoms with Gasteiger partial charge in [-0.1, -0.05) is 49.6 Å². The fraction of sp³-hybridized carbons (Fsp3) is 0.519. The SMILES string of the molecule is Cc1ccc([S@](=O)CCCN(Cc2ccc(C(F)(C(F)(F)F)C(F)(F)F)cc2)C(=O)C2CCCCC2)cc1F. The van der Waals surface area contributed by atoms with E-state index in [1.807, 2.05) is 0 Å². The van der Waals surface area contributed by atoms with Gasteiger partial charge in [-0.15, -0.1) is 0 Å². The van der Waals surface area contributed by atoms with Crippen LogP contribution in [0.4, 0.5) is 35.1 Å². The van der Waals surface area contributed by atoms with E-state index >= 15 is 0 Å². The first kappa shape index (κ1) is 31.0. The Morgan fingerprint density at radius 2 is 1.51 bits per heavy atom. The summed E-state index contributed by atoms with van der Waals surface area (Å²) in [5.74, 6) is -0.871. The second-order valence-electron chi connectivity index (χ2n) is 9.76. The first-order chi connectivity index (χ1) is 18.1. The van der Waals surface area contributed by atoms with Crippen LogP contribution in [0.2, 0.25) is 0 Å². The van der Waals surface area contributed by atoms with E-state index in [9.17, 15) is 44.1 Å². The van der Waals surface area contributed by atoms with Crippen LogP contribution >= 0.6 is 0 Å². The van der Waals surface area contributed by atoms with E-state index in [4.69, 9.17) is 0 Å². The van der Waals surface area contributed by atoms with Crippen molar-refractivity contribution >= 4 is 16.7 Å². The second kappa shape index (κ2) is 12.3. The van der Waals surface area contributed by atoms with Gasteiger partial charge in [0.25, 0.3) is 0 Å². The van der Waals surface area contributed by atoms with Crippen LogP contribution < -0.4 is 0 Å². The van der Waals surface area contributed by atoms with Crippen LogP contribution in [0.25, 0.3) is 0 Å². The standard InChI is InChI=1S/C27H29F8NO2S/c1-18-8-13-22(16-23(18)28)39(38)15-5-14-36(24(37)20-6-3-2-4-7-20)17-19-9-11-21(12-10-19)25(29,26(30,31)32)27(33,34)35/h8-13,16,20H,2-7,14-15,17H2,1H3/t39-/m1/s1. The first-order valence-corrected chi connectivity index (χ1v) is 13.8. The number of carbonyl (C=O) groups is 1. The molecular formula is C27H29F8NO2S. The van der Waals surface area contributed by atoms with Gasteiger partial charge in [0.15, 0.2) is 0 Å². The highest BCUT2D eigenvalue weighted by atomic mass is 32.2. The molecule has 1 atom stereocenters. The van der Waals surface area contributed by atoms with Crippen molar-refractivity contribution in [2.45, 2.75) is 74.9 Å². The number of aryl methyl sites for hydroxylation is 1. The molecule has 2 aromatic rings. The van der Waals surface area contributed by atoms with E-state index in [2.05, 4.69) is 0 Å². The molecule has 0 saturated heterocycles. The predicted molar refractivity (Wildman–Crippen MR) is 130 cm³/mol. The average Bonchev–Trinajstić information content (AvgIpc) is 2.88. The number of benzene rings is 2. The Morgan fingerprint density at radius 3 is 2.05 bits per heavy atom. The van der Waals surface area contributed by atoms with Gasteiger partial charge in [-0.05, 0) is 49.4 Å². The lowest BCUT2D eigenvalue weighted by molar-refractivity contribution is -0.348. The van der Waals surface area contributed by atoms with Gasteiger partial charge in [0, 0.05) is 35.2 Å². The number of alkyl halides is 7. The molecule has 1 aliphatic rings. The van der Waals surface area contributed by atoms with Crippen molar-refractivity contribution in [3.8, 4) is 0 Å². The molecule has 0 bridgehead atoms. The molecule has 12 heteroatoms. The zero-order valence-corrected chi connectivity index (χ0v) is 22.0. The molecule has 1 aliphatic carbocycles. The largest absolute Gasteiger partial charge is 0.435 e. The number of hydrogen-bond donors (Lipinski definition) is 0. The normalized spacial score (nSPS) is 16.2. The molecule has 1 saturated carbocycles. The molecule has 216 valence electrons. The molecule has 3 rings (SSSR count). The Labute approximate surface area is 224 Å². The van der Waals surface area contributed by atoms with E-state index in [1.54, 1.807) is 13.0 Å². The summed E-state index contributed by atoms with van der Waals surface area (Å²) in [6.07, 6.45) is -8.16. The molecule has 0 radical (unpaired) electrons. The van der Waals surface area contributed by atoms with Crippen LogP contribution in [0.1, 0.15) is 55.2 Å². The zero-order chi connectivity index (χ0) is 29.0. The molecular weight excluding hydrogens is 554 g/mol. The first-order valence-electron chi connectivity index (χ1n) is 12.5. The summed E-state index contributed by atoms with van der Waals surface area (Å²) in [5, 5.41) is 0. The third-order valence-corrected chi connectivity index (χ3v) is 8.38. The Kier molecular flexibility index (Phi) is 9.82. The van der Waals surface area contributed by atoms with Crippen molar-refractivity contribution in [1.29, 1.82) is 0 Å². The summed E-state index contributed by atoms with van der Waals surface area (Å²) in [6, 6.07) is 6.99. The van der Waals surface area contributed by atoms with E-state index in [-0.39, 0.29) is 42.7 Å². The highest BCUT2D eigenvalue weighted by molar-refractivity contribution is 7.85. The molecule has 0 aromatic heterocycles. The summed E-state index contributed by atoms with van der Waals surface area (Å²) in [5.41, 5.74) is -6.51. The molecule has 1 fully saturated rings. The number of carbonyl (C=O) groups excluding carboxylic acids is 1. The van der Waals surface area contributed by atoms with Crippen molar-refractivity contribution < 1.29 is 44.1 Å². The summed E-state index contributed by atoms with van der Waals surface area (Å²) >= 11 is 0. The third-order valence-electron chi connectivity index (χ3n) is 6.94. The Morgan fingerprint density at radius 1 is 0.923 bits per heavy atom. The van der Waals surface area contributed by atoms with Crippen molar-refractivity contribution in [2.24, 2.45) is 5.92 Å². The lowest BCUT2D eigenvalue weighted by Crippen LogP contribution is -2.50. The van der Waals surface area contributed by atoms with Gasteiger partial charge < -0.3 is 4.90 Å². The minimum atomic E-state index is -6.22. The van der Waals surface area contributed by atoms with Crippen molar-refractivity contribution in [3.63, 3.8) is 0 Å². The van der Waals surface area contributed by atoms with Crippen molar-refractivity contribution in [1.82, 2.24) is 4.90 Å². The topological polar surface area (TPSA) is 37.4 Å². The number of amides is 1. The highest BCUT2D eigenvalue weighted by Gasteiger charge is 2.73. The highest BCUT2D eigenvalue weighted by Crippen LogP contribution is 2.53. The molecule has 0 unspecified atom stereocenters. The molecule has 2 aromatic carbocycles.